The predicted molar refractivity (Wildman–Crippen MR) is 75.9 cm³/mol. The van der Waals surface area contributed by atoms with E-state index in [2.05, 4.69) is 54.6 Å². The van der Waals surface area contributed by atoms with Crippen LogP contribution in [0, 0.1) is 5.92 Å². The average Bonchev–Trinajstić information content (AvgIpc) is 2.32. The molecule has 0 radical (unpaired) electrons. The average molecular weight is 348 g/mol. The minimum absolute atomic E-state index is 0.750. The first kappa shape index (κ1) is 12.4. The SMILES string of the molecule is Brc1ccc(Br)c(NCC2CCCNC2)c1. The largest absolute Gasteiger partial charge is 0.384 e. The molecular weight excluding hydrogens is 332 g/mol. The molecule has 0 aliphatic carbocycles. The van der Waals surface area contributed by atoms with Gasteiger partial charge in [0.25, 0.3) is 0 Å². The molecule has 1 aliphatic heterocycles. The zero-order valence-corrected chi connectivity index (χ0v) is 12.3. The van der Waals surface area contributed by atoms with Crippen LogP contribution in [0.5, 0.6) is 0 Å². The molecule has 0 amide bonds. The third-order valence-corrected chi connectivity index (χ3v) is 4.09. The molecule has 0 bridgehead atoms. The van der Waals surface area contributed by atoms with Crippen molar-refractivity contribution in [1.82, 2.24) is 5.32 Å². The molecule has 1 unspecified atom stereocenters. The van der Waals surface area contributed by atoms with E-state index in [1.54, 1.807) is 0 Å². The van der Waals surface area contributed by atoms with Crippen molar-refractivity contribution in [2.24, 2.45) is 5.92 Å². The molecule has 1 saturated heterocycles. The van der Waals surface area contributed by atoms with Crippen molar-refractivity contribution in [3.63, 3.8) is 0 Å². The van der Waals surface area contributed by atoms with Gasteiger partial charge in [-0.1, -0.05) is 15.9 Å². The third kappa shape index (κ3) is 3.47. The first-order valence-corrected chi connectivity index (χ1v) is 7.24. The molecule has 0 aromatic heterocycles. The van der Waals surface area contributed by atoms with Gasteiger partial charge in [-0.05, 0) is 66.0 Å². The Morgan fingerprint density at radius 2 is 2.25 bits per heavy atom. The Hall–Kier alpha value is -0.0600. The van der Waals surface area contributed by atoms with Crippen LogP contribution in [0.25, 0.3) is 0 Å². The molecule has 88 valence electrons. The summed E-state index contributed by atoms with van der Waals surface area (Å²) in [6.07, 6.45) is 2.62. The monoisotopic (exact) mass is 346 g/mol. The van der Waals surface area contributed by atoms with E-state index in [1.165, 1.54) is 25.1 Å². The van der Waals surface area contributed by atoms with Gasteiger partial charge in [0.05, 0.1) is 0 Å². The van der Waals surface area contributed by atoms with Crippen LogP contribution in [-0.4, -0.2) is 19.6 Å². The molecular formula is C12H16Br2N2. The summed E-state index contributed by atoms with van der Waals surface area (Å²) in [5, 5.41) is 6.94. The van der Waals surface area contributed by atoms with Crippen LogP contribution in [0.2, 0.25) is 0 Å². The van der Waals surface area contributed by atoms with Gasteiger partial charge in [-0.3, -0.25) is 0 Å². The van der Waals surface area contributed by atoms with Crippen LogP contribution in [0.3, 0.4) is 0 Å². The molecule has 1 aromatic rings. The van der Waals surface area contributed by atoms with E-state index in [0.717, 1.165) is 28.0 Å². The molecule has 0 saturated carbocycles. The summed E-state index contributed by atoms with van der Waals surface area (Å²) in [7, 11) is 0. The van der Waals surface area contributed by atoms with Gasteiger partial charge < -0.3 is 10.6 Å². The maximum Gasteiger partial charge on any atom is 0.0496 e. The minimum Gasteiger partial charge on any atom is -0.384 e. The van der Waals surface area contributed by atoms with Gasteiger partial charge in [-0.25, -0.2) is 0 Å². The van der Waals surface area contributed by atoms with E-state index >= 15 is 0 Å². The quantitative estimate of drug-likeness (QED) is 0.872. The lowest BCUT2D eigenvalue weighted by Crippen LogP contribution is -2.33. The van der Waals surface area contributed by atoms with Crippen LogP contribution >= 0.6 is 31.9 Å². The minimum atomic E-state index is 0.750. The van der Waals surface area contributed by atoms with Gasteiger partial charge >= 0.3 is 0 Å². The molecule has 2 nitrogen and oxygen atoms in total. The lowest BCUT2D eigenvalue weighted by Gasteiger charge is -2.23. The normalized spacial score (nSPS) is 20.8. The Kier molecular flexibility index (Phi) is 4.67. The van der Waals surface area contributed by atoms with Crippen LogP contribution in [0.4, 0.5) is 5.69 Å². The Bertz CT molecular complexity index is 349. The summed E-state index contributed by atoms with van der Waals surface area (Å²) in [5.74, 6) is 0.750. The molecule has 1 atom stereocenters. The zero-order valence-electron chi connectivity index (χ0n) is 9.10. The van der Waals surface area contributed by atoms with Gasteiger partial charge in [0.15, 0.2) is 0 Å². The van der Waals surface area contributed by atoms with E-state index in [-0.39, 0.29) is 0 Å². The molecule has 1 aliphatic rings. The highest BCUT2D eigenvalue weighted by molar-refractivity contribution is 9.11. The Morgan fingerprint density at radius 3 is 3.00 bits per heavy atom. The summed E-state index contributed by atoms with van der Waals surface area (Å²) in [6.45, 7) is 3.36. The number of hydrogen-bond donors (Lipinski definition) is 2. The number of rotatable bonds is 3. The molecule has 2 rings (SSSR count). The number of hydrogen-bond acceptors (Lipinski definition) is 2. The Labute approximate surface area is 113 Å². The maximum absolute atomic E-state index is 3.56. The van der Waals surface area contributed by atoms with Crippen molar-refractivity contribution in [2.75, 3.05) is 25.0 Å². The van der Waals surface area contributed by atoms with Crippen molar-refractivity contribution in [1.29, 1.82) is 0 Å². The predicted octanol–water partition coefficient (Wildman–Crippen LogP) is 3.62. The number of anilines is 1. The fraction of sp³-hybridized carbons (Fsp3) is 0.500. The number of halogens is 2. The molecule has 2 N–H and O–H groups in total. The summed E-state index contributed by atoms with van der Waals surface area (Å²) >= 11 is 7.05. The van der Waals surface area contributed by atoms with Crippen LogP contribution in [0.1, 0.15) is 12.8 Å². The van der Waals surface area contributed by atoms with Crippen LogP contribution in [-0.2, 0) is 0 Å². The summed E-state index contributed by atoms with van der Waals surface area (Å²) < 4.78 is 2.24. The van der Waals surface area contributed by atoms with Gasteiger partial charge in [-0.15, -0.1) is 0 Å². The molecule has 16 heavy (non-hydrogen) atoms. The lowest BCUT2D eigenvalue weighted by atomic mass is 10.00. The molecule has 4 heteroatoms. The van der Waals surface area contributed by atoms with E-state index in [1.807, 2.05) is 6.07 Å². The molecule has 1 heterocycles. The zero-order chi connectivity index (χ0) is 11.4. The molecule has 1 aromatic carbocycles. The fourth-order valence-electron chi connectivity index (χ4n) is 1.99. The topological polar surface area (TPSA) is 24.1 Å². The van der Waals surface area contributed by atoms with E-state index in [4.69, 9.17) is 0 Å². The van der Waals surface area contributed by atoms with Crippen molar-refractivity contribution in [3.05, 3.63) is 27.1 Å². The second-order valence-corrected chi connectivity index (χ2v) is 5.99. The first-order valence-electron chi connectivity index (χ1n) is 5.65. The van der Waals surface area contributed by atoms with E-state index in [0.29, 0.717) is 0 Å². The van der Waals surface area contributed by atoms with Gasteiger partial charge in [0, 0.05) is 21.2 Å². The second-order valence-electron chi connectivity index (χ2n) is 4.22. The highest BCUT2D eigenvalue weighted by Crippen LogP contribution is 2.26. The molecule has 1 fully saturated rings. The highest BCUT2D eigenvalue weighted by Gasteiger charge is 2.12. The highest BCUT2D eigenvalue weighted by atomic mass is 79.9. The van der Waals surface area contributed by atoms with Gasteiger partial charge in [0.2, 0.25) is 0 Å². The lowest BCUT2D eigenvalue weighted by molar-refractivity contribution is 0.393. The number of piperidine rings is 1. The summed E-state index contributed by atoms with van der Waals surface area (Å²) in [5.41, 5.74) is 1.17. The van der Waals surface area contributed by atoms with Crippen LogP contribution < -0.4 is 10.6 Å². The summed E-state index contributed by atoms with van der Waals surface area (Å²) in [4.78, 5) is 0. The third-order valence-electron chi connectivity index (χ3n) is 2.91. The Balaban J connectivity index is 1.90. The van der Waals surface area contributed by atoms with Gasteiger partial charge in [-0.2, -0.15) is 0 Å². The van der Waals surface area contributed by atoms with Crippen molar-refractivity contribution in [3.8, 4) is 0 Å². The van der Waals surface area contributed by atoms with E-state index in [9.17, 15) is 0 Å². The second kappa shape index (κ2) is 6.03. The standard InChI is InChI=1S/C12H16Br2N2/c13-10-3-4-11(14)12(6-10)16-8-9-2-1-5-15-7-9/h3-4,6,9,15-16H,1-2,5,7-8H2. The fourth-order valence-corrected chi connectivity index (χ4v) is 2.73. The van der Waals surface area contributed by atoms with Crippen molar-refractivity contribution >= 4 is 37.5 Å². The van der Waals surface area contributed by atoms with Crippen molar-refractivity contribution < 1.29 is 0 Å². The van der Waals surface area contributed by atoms with E-state index < -0.39 is 0 Å². The Morgan fingerprint density at radius 1 is 1.38 bits per heavy atom. The maximum atomic E-state index is 3.56. The number of benzene rings is 1. The first-order chi connectivity index (χ1) is 7.75. The smallest absolute Gasteiger partial charge is 0.0496 e. The van der Waals surface area contributed by atoms with Crippen molar-refractivity contribution in [2.45, 2.75) is 12.8 Å². The van der Waals surface area contributed by atoms with Crippen LogP contribution in [0.15, 0.2) is 27.1 Å². The summed E-state index contributed by atoms with van der Waals surface area (Å²) in [6, 6.07) is 6.21. The number of nitrogens with one attached hydrogen (secondary N) is 2. The molecule has 0 spiro atoms. The van der Waals surface area contributed by atoms with Gasteiger partial charge in [0.1, 0.15) is 0 Å².